The summed E-state index contributed by atoms with van der Waals surface area (Å²) < 4.78 is 15.9. The zero-order valence-electron chi connectivity index (χ0n) is 14.9. The molecule has 0 atom stereocenters. The van der Waals surface area contributed by atoms with Gasteiger partial charge in [-0.2, -0.15) is 4.98 Å². The summed E-state index contributed by atoms with van der Waals surface area (Å²) in [6, 6.07) is 8.06. The Bertz CT molecular complexity index is 865. The average molecular weight is 339 g/mol. The third kappa shape index (κ3) is 4.22. The van der Waals surface area contributed by atoms with E-state index in [1.54, 1.807) is 4.57 Å². The van der Waals surface area contributed by atoms with E-state index in [4.69, 9.17) is 0 Å². The number of hydrogen-bond donors (Lipinski definition) is 1. The van der Waals surface area contributed by atoms with Gasteiger partial charge in [0, 0.05) is 24.6 Å². The Morgan fingerprint density at radius 2 is 1.88 bits per heavy atom. The molecule has 0 saturated heterocycles. The monoisotopic (exact) mass is 339 g/mol. The largest absolute Gasteiger partial charge is 0.324 e. The van der Waals surface area contributed by atoms with E-state index in [0.29, 0.717) is 5.95 Å². The summed E-state index contributed by atoms with van der Waals surface area (Å²) in [4.78, 5) is 10.5. The zero-order valence-corrected chi connectivity index (χ0v) is 14.9. The summed E-state index contributed by atoms with van der Waals surface area (Å²) in [6.45, 7) is 4.84. The number of hydrogen-bond acceptors (Lipinski definition) is 4. The van der Waals surface area contributed by atoms with Gasteiger partial charge in [-0.1, -0.05) is 6.07 Å². The van der Waals surface area contributed by atoms with E-state index < -0.39 is 5.82 Å². The van der Waals surface area contributed by atoms with Crippen LogP contribution in [-0.2, 0) is 6.54 Å². The molecule has 1 N–H and O–H groups in total. The lowest BCUT2D eigenvalue weighted by atomic mass is 10.1. The first-order valence-electron chi connectivity index (χ1n) is 8.10. The zero-order chi connectivity index (χ0) is 18.0. The van der Waals surface area contributed by atoms with Crippen LogP contribution in [0.2, 0.25) is 0 Å². The third-order valence-electron chi connectivity index (χ3n) is 3.70. The maximum absolute atomic E-state index is 14.2. The molecule has 0 fully saturated rings. The van der Waals surface area contributed by atoms with Crippen LogP contribution in [0.3, 0.4) is 0 Å². The van der Waals surface area contributed by atoms with E-state index in [1.807, 2.05) is 58.5 Å². The summed E-state index contributed by atoms with van der Waals surface area (Å²) in [5, 5.41) is 3.15. The molecule has 0 bridgehead atoms. The summed E-state index contributed by atoms with van der Waals surface area (Å²) >= 11 is 0. The van der Waals surface area contributed by atoms with Crippen LogP contribution >= 0.6 is 0 Å². The lowest BCUT2D eigenvalue weighted by Crippen LogP contribution is -2.10. The lowest BCUT2D eigenvalue weighted by molar-refractivity contribution is 0.402. The van der Waals surface area contributed by atoms with Crippen molar-refractivity contribution in [1.82, 2.24) is 19.4 Å². The number of anilines is 2. The van der Waals surface area contributed by atoms with Crippen molar-refractivity contribution in [1.29, 1.82) is 0 Å². The second-order valence-corrected chi connectivity index (χ2v) is 6.53. The maximum atomic E-state index is 14.2. The number of benzene rings is 1. The molecule has 0 saturated carbocycles. The fraction of sp³-hybridized carbons (Fsp3) is 0.263. The van der Waals surface area contributed by atoms with E-state index in [-0.39, 0.29) is 5.82 Å². The van der Waals surface area contributed by atoms with E-state index in [2.05, 4.69) is 26.3 Å². The minimum atomic E-state index is -0.460. The molecule has 0 unspecified atom stereocenters. The molecule has 3 aromatic rings. The molecular weight excluding hydrogens is 317 g/mol. The van der Waals surface area contributed by atoms with Crippen molar-refractivity contribution in [3.05, 3.63) is 65.4 Å². The Morgan fingerprint density at radius 3 is 2.56 bits per heavy atom. The molecule has 0 spiro atoms. The molecule has 3 rings (SSSR count). The van der Waals surface area contributed by atoms with E-state index in [9.17, 15) is 4.39 Å². The fourth-order valence-electron chi connectivity index (χ4n) is 2.81. The molecule has 0 radical (unpaired) electrons. The van der Waals surface area contributed by atoms with Crippen LogP contribution in [0.5, 0.6) is 0 Å². The fourth-order valence-corrected chi connectivity index (χ4v) is 2.81. The van der Waals surface area contributed by atoms with Gasteiger partial charge in [-0.25, -0.2) is 9.37 Å². The van der Waals surface area contributed by atoms with Gasteiger partial charge in [0.1, 0.15) is 0 Å². The van der Waals surface area contributed by atoms with Crippen molar-refractivity contribution < 1.29 is 4.39 Å². The molecule has 0 aliphatic heterocycles. The first kappa shape index (κ1) is 17.1. The van der Waals surface area contributed by atoms with E-state index in [0.717, 1.165) is 28.9 Å². The molecule has 2 heterocycles. The Morgan fingerprint density at radius 1 is 1.16 bits per heavy atom. The molecule has 0 amide bonds. The maximum Gasteiger partial charge on any atom is 0.229 e. The van der Waals surface area contributed by atoms with Gasteiger partial charge in [0.05, 0.1) is 6.20 Å². The highest BCUT2D eigenvalue weighted by atomic mass is 19.1. The topological polar surface area (TPSA) is 46.0 Å². The number of halogens is 1. The minimum absolute atomic E-state index is 0.229. The lowest BCUT2D eigenvalue weighted by Gasteiger charge is -2.10. The molecule has 130 valence electrons. The van der Waals surface area contributed by atoms with Gasteiger partial charge in [0.15, 0.2) is 11.6 Å². The number of aromatic nitrogens is 3. The SMILES string of the molecule is Cc1cc(C)cc(Nc2ncc(F)c(-n3ccc(CN(C)C)c3)n2)c1. The smallest absolute Gasteiger partial charge is 0.229 e. The van der Waals surface area contributed by atoms with Gasteiger partial charge in [-0.05, 0) is 62.8 Å². The minimum Gasteiger partial charge on any atom is -0.324 e. The molecule has 1 aromatic carbocycles. The second-order valence-electron chi connectivity index (χ2n) is 6.53. The van der Waals surface area contributed by atoms with Gasteiger partial charge in [-0.3, -0.25) is 0 Å². The van der Waals surface area contributed by atoms with Gasteiger partial charge in [0.2, 0.25) is 5.95 Å². The third-order valence-corrected chi connectivity index (χ3v) is 3.70. The molecule has 5 nitrogen and oxygen atoms in total. The molecular formula is C19H22FN5. The van der Waals surface area contributed by atoms with Crippen molar-refractivity contribution in [2.24, 2.45) is 0 Å². The Hall–Kier alpha value is -2.73. The van der Waals surface area contributed by atoms with E-state index >= 15 is 0 Å². The number of rotatable bonds is 5. The van der Waals surface area contributed by atoms with Crippen LogP contribution in [0.15, 0.2) is 42.9 Å². The van der Waals surface area contributed by atoms with Gasteiger partial charge < -0.3 is 14.8 Å². The number of nitrogens with one attached hydrogen (secondary N) is 1. The molecule has 0 aliphatic rings. The van der Waals surface area contributed by atoms with Crippen LogP contribution in [0.25, 0.3) is 5.82 Å². The standard InChI is InChI=1S/C19H22FN5/c1-13-7-14(2)9-16(8-13)22-19-21-10-17(20)18(23-19)25-6-5-15(12-25)11-24(3)4/h5-10,12H,11H2,1-4H3,(H,21,22,23). The van der Waals surface area contributed by atoms with Crippen LogP contribution in [0.1, 0.15) is 16.7 Å². The highest BCUT2D eigenvalue weighted by molar-refractivity contribution is 5.56. The van der Waals surface area contributed by atoms with Crippen molar-refractivity contribution in [3.8, 4) is 5.82 Å². The predicted molar refractivity (Wildman–Crippen MR) is 97.9 cm³/mol. The molecule has 6 heteroatoms. The second kappa shape index (κ2) is 7.03. The van der Waals surface area contributed by atoms with Gasteiger partial charge in [-0.15, -0.1) is 0 Å². The first-order chi connectivity index (χ1) is 11.9. The Kier molecular flexibility index (Phi) is 4.81. The van der Waals surface area contributed by atoms with Crippen LogP contribution < -0.4 is 5.32 Å². The quantitative estimate of drug-likeness (QED) is 0.767. The van der Waals surface area contributed by atoms with E-state index in [1.165, 1.54) is 6.20 Å². The molecule has 25 heavy (non-hydrogen) atoms. The average Bonchev–Trinajstić information content (AvgIpc) is 2.95. The Labute approximate surface area is 147 Å². The first-order valence-corrected chi connectivity index (χ1v) is 8.10. The van der Waals surface area contributed by atoms with Gasteiger partial charge in [0.25, 0.3) is 0 Å². The summed E-state index contributed by atoms with van der Waals surface area (Å²) in [5.74, 6) is 0.133. The van der Waals surface area contributed by atoms with Crippen LogP contribution in [-0.4, -0.2) is 33.5 Å². The Balaban J connectivity index is 1.88. The highest BCUT2D eigenvalue weighted by Gasteiger charge is 2.10. The molecule has 0 aliphatic carbocycles. The summed E-state index contributed by atoms with van der Waals surface area (Å²) in [5.41, 5.74) is 4.26. The summed E-state index contributed by atoms with van der Waals surface area (Å²) in [7, 11) is 3.99. The summed E-state index contributed by atoms with van der Waals surface area (Å²) in [6.07, 6.45) is 4.88. The normalized spacial score (nSPS) is 11.1. The van der Waals surface area contributed by atoms with Crippen LogP contribution in [0, 0.1) is 19.7 Å². The van der Waals surface area contributed by atoms with Crippen molar-refractivity contribution in [2.45, 2.75) is 20.4 Å². The van der Waals surface area contributed by atoms with Gasteiger partial charge >= 0.3 is 0 Å². The molecule has 2 aromatic heterocycles. The van der Waals surface area contributed by atoms with Crippen molar-refractivity contribution >= 4 is 11.6 Å². The number of nitrogens with zero attached hydrogens (tertiary/aromatic N) is 4. The van der Waals surface area contributed by atoms with Crippen LogP contribution in [0.4, 0.5) is 16.0 Å². The number of aryl methyl sites for hydroxylation is 2. The van der Waals surface area contributed by atoms with Crippen molar-refractivity contribution in [2.75, 3.05) is 19.4 Å². The van der Waals surface area contributed by atoms with Crippen molar-refractivity contribution in [3.63, 3.8) is 0 Å². The highest BCUT2D eigenvalue weighted by Crippen LogP contribution is 2.19. The predicted octanol–water partition coefficient (Wildman–Crippen LogP) is 3.83.